The second-order valence-electron chi connectivity index (χ2n) is 7.64. The highest BCUT2D eigenvalue weighted by Gasteiger charge is 2.23. The fourth-order valence-electron chi connectivity index (χ4n) is 3.34. The first-order chi connectivity index (χ1) is 13.9. The molecule has 1 N–H and O–H groups in total. The first kappa shape index (κ1) is 24.2. The summed E-state index contributed by atoms with van der Waals surface area (Å²) in [5.41, 5.74) is 3.46. The molecule has 6 nitrogen and oxygen atoms in total. The number of rotatable bonds is 8. The number of hydrogen-bond donors (Lipinski definition) is 1. The molecule has 164 valence electrons. The highest BCUT2D eigenvalue weighted by molar-refractivity contribution is 9.10. The van der Waals surface area contributed by atoms with Crippen LogP contribution in [0.15, 0.2) is 40.9 Å². The molecule has 0 spiro atoms. The molecule has 0 aliphatic rings. The van der Waals surface area contributed by atoms with Crippen LogP contribution in [0.1, 0.15) is 49.4 Å². The van der Waals surface area contributed by atoms with Gasteiger partial charge in [0.1, 0.15) is 12.3 Å². The SMILES string of the molecule is COc1cc(C)c(C(C)NC(=O)CN(c2cccc(Br)c2)S(C)(=O)=O)cc1C(C)C. The van der Waals surface area contributed by atoms with Gasteiger partial charge in [-0.05, 0) is 66.8 Å². The topological polar surface area (TPSA) is 75.7 Å². The molecule has 8 heteroatoms. The summed E-state index contributed by atoms with van der Waals surface area (Å²) in [7, 11) is -1.98. The highest BCUT2D eigenvalue weighted by Crippen LogP contribution is 2.32. The Morgan fingerprint density at radius 2 is 1.83 bits per heavy atom. The minimum atomic E-state index is -3.63. The number of halogens is 1. The minimum absolute atomic E-state index is 0.263. The number of methoxy groups -OCH3 is 1. The van der Waals surface area contributed by atoms with E-state index < -0.39 is 10.0 Å². The first-order valence-electron chi connectivity index (χ1n) is 9.65. The number of hydrogen-bond acceptors (Lipinski definition) is 4. The van der Waals surface area contributed by atoms with Crippen molar-refractivity contribution >= 4 is 37.5 Å². The fraction of sp³-hybridized carbons (Fsp3) is 0.409. The number of benzene rings is 2. The molecule has 0 radical (unpaired) electrons. The van der Waals surface area contributed by atoms with Crippen LogP contribution in [0.25, 0.3) is 0 Å². The average molecular weight is 497 g/mol. The van der Waals surface area contributed by atoms with Crippen molar-refractivity contribution in [3.63, 3.8) is 0 Å². The number of carbonyl (C=O) groups excluding carboxylic acids is 1. The van der Waals surface area contributed by atoms with Crippen LogP contribution < -0.4 is 14.4 Å². The van der Waals surface area contributed by atoms with Crippen LogP contribution >= 0.6 is 15.9 Å². The zero-order valence-electron chi connectivity index (χ0n) is 18.2. The van der Waals surface area contributed by atoms with Gasteiger partial charge in [0.25, 0.3) is 0 Å². The predicted molar refractivity (Wildman–Crippen MR) is 125 cm³/mol. The zero-order valence-corrected chi connectivity index (χ0v) is 20.6. The van der Waals surface area contributed by atoms with Crippen molar-refractivity contribution in [3.8, 4) is 5.75 Å². The lowest BCUT2D eigenvalue weighted by atomic mass is 9.93. The minimum Gasteiger partial charge on any atom is -0.496 e. The van der Waals surface area contributed by atoms with Crippen molar-refractivity contribution in [2.45, 2.75) is 39.7 Å². The van der Waals surface area contributed by atoms with Gasteiger partial charge in [-0.3, -0.25) is 9.10 Å². The lowest BCUT2D eigenvalue weighted by Crippen LogP contribution is -2.41. The lowest BCUT2D eigenvalue weighted by molar-refractivity contribution is -0.120. The van der Waals surface area contributed by atoms with Crippen molar-refractivity contribution in [3.05, 3.63) is 57.6 Å². The molecule has 0 fully saturated rings. The Bertz CT molecular complexity index is 1020. The maximum atomic E-state index is 12.7. The quantitative estimate of drug-likeness (QED) is 0.582. The van der Waals surface area contributed by atoms with E-state index in [1.54, 1.807) is 31.4 Å². The van der Waals surface area contributed by atoms with E-state index in [2.05, 4.69) is 35.1 Å². The third-order valence-electron chi connectivity index (χ3n) is 4.87. The molecule has 0 aliphatic carbocycles. The van der Waals surface area contributed by atoms with Crippen molar-refractivity contribution in [2.24, 2.45) is 0 Å². The van der Waals surface area contributed by atoms with Crippen molar-refractivity contribution in [2.75, 3.05) is 24.2 Å². The van der Waals surface area contributed by atoms with Gasteiger partial charge < -0.3 is 10.1 Å². The molecule has 2 aromatic rings. The Hall–Kier alpha value is -2.06. The third kappa shape index (κ3) is 5.98. The van der Waals surface area contributed by atoms with E-state index >= 15 is 0 Å². The average Bonchev–Trinajstić information content (AvgIpc) is 2.64. The molecule has 0 saturated heterocycles. The fourth-order valence-corrected chi connectivity index (χ4v) is 4.57. The van der Waals surface area contributed by atoms with Crippen LogP contribution in [0.4, 0.5) is 5.69 Å². The molecule has 1 atom stereocenters. The Balaban J connectivity index is 2.25. The monoisotopic (exact) mass is 496 g/mol. The van der Waals surface area contributed by atoms with E-state index in [0.717, 1.165) is 37.5 Å². The van der Waals surface area contributed by atoms with Gasteiger partial charge in [0.2, 0.25) is 15.9 Å². The molecule has 2 rings (SSSR count). The Morgan fingerprint density at radius 3 is 2.37 bits per heavy atom. The van der Waals surface area contributed by atoms with E-state index in [4.69, 9.17) is 4.74 Å². The van der Waals surface area contributed by atoms with Crippen molar-refractivity contribution < 1.29 is 17.9 Å². The van der Waals surface area contributed by atoms with Crippen LogP contribution in [-0.2, 0) is 14.8 Å². The molecule has 0 saturated carbocycles. The summed E-state index contributed by atoms with van der Waals surface area (Å²) in [5.74, 6) is 0.705. The molecule has 0 aromatic heterocycles. The van der Waals surface area contributed by atoms with Gasteiger partial charge in [0, 0.05) is 4.47 Å². The molecule has 2 aromatic carbocycles. The lowest BCUT2D eigenvalue weighted by Gasteiger charge is -2.24. The molecule has 1 amide bonds. The smallest absolute Gasteiger partial charge is 0.241 e. The summed E-state index contributed by atoms with van der Waals surface area (Å²) in [6.07, 6.45) is 1.09. The first-order valence-corrected chi connectivity index (χ1v) is 12.3. The summed E-state index contributed by atoms with van der Waals surface area (Å²) >= 11 is 3.34. The van der Waals surface area contributed by atoms with E-state index in [1.807, 2.05) is 26.0 Å². The molecule has 0 heterocycles. The van der Waals surface area contributed by atoms with Gasteiger partial charge >= 0.3 is 0 Å². The van der Waals surface area contributed by atoms with Gasteiger partial charge in [0.05, 0.1) is 25.1 Å². The van der Waals surface area contributed by atoms with E-state index in [1.165, 1.54) is 0 Å². The number of amides is 1. The summed E-state index contributed by atoms with van der Waals surface area (Å²) in [4.78, 5) is 12.7. The summed E-state index contributed by atoms with van der Waals surface area (Å²) in [6.45, 7) is 7.73. The number of carbonyl (C=O) groups is 1. The Labute approximate surface area is 187 Å². The van der Waals surface area contributed by atoms with E-state index in [0.29, 0.717) is 5.69 Å². The molecule has 1 unspecified atom stereocenters. The molecule has 30 heavy (non-hydrogen) atoms. The standard InChI is InChI=1S/C22H29BrN2O4S/c1-14(2)19-12-20(15(3)10-21(19)29-5)16(4)24-22(26)13-25(30(6,27)28)18-9-7-8-17(23)11-18/h7-12,14,16H,13H2,1-6H3,(H,24,26). The van der Waals surface area contributed by atoms with Crippen LogP contribution in [0.2, 0.25) is 0 Å². The predicted octanol–water partition coefficient (Wildman–Crippen LogP) is 4.53. The van der Waals surface area contributed by atoms with Gasteiger partial charge in [-0.25, -0.2) is 8.42 Å². The number of anilines is 1. The maximum Gasteiger partial charge on any atom is 0.241 e. The molecule has 0 aliphatic heterocycles. The second-order valence-corrected chi connectivity index (χ2v) is 10.5. The highest BCUT2D eigenvalue weighted by atomic mass is 79.9. The Morgan fingerprint density at radius 1 is 1.17 bits per heavy atom. The van der Waals surface area contributed by atoms with Crippen LogP contribution in [0, 0.1) is 6.92 Å². The largest absolute Gasteiger partial charge is 0.496 e. The van der Waals surface area contributed by atoms with E-state index in [-0.39, 0.29) is 24.4 Å². The van der Waals surface area contributed by atoms with Gasteiger partial charge in [-0.2, -0.15) is 0 Å². The normalized spacial score (nSPS) is 12.5. The molecule has 0 bridgehead atoms. The van der Waals surface area contributed by atoms with Gasteiger partial charge in [-0.1, -0.05) is 35.8 Å². The van der Waals surface area contributed by atoms with E-state index in [9.17, 15) is 13.2 Å². The second kappa shape index (κ2) is 9.83. The summed E-state index contributed by atoms with van der Waals surface area (Å²) in [5, 5.41) is 2.93. The molecular formula is C22H29BrN2O4S. The summed E-state index contributed by atoms with van der Waals surface area (Å²) in [6, 6.07) is 10.6. The van der Waals surface area contributed by atoms with Crippen molar-refractivity contribution in [1.82, 2.24) is 5.32 Å². The van der Waals surface area contributed by atoms with Gasteiger partial charge in [0.15, 0.2) is 0 Å². The summed E-state index contributed by atoms with van der Waals surface area (Å²) < 4.78 is 31.9. The van der Waals surface area contributed by atoms with Crippen LogP contribution in [-0.4, -0.2) is 34.2 Å². The van der Waals surface area contributed by atoms with Crippen LogP contribution in [0.3, 0.4) is 0 Å². The Kier molecular flexibility index (Phi) is 7.93. The number of aryl methyl sites for hydroxylation is 1. The van der Waals surface area contributed by atoms with Crippen LogP contribution in [0.5, 0.6) is 5.75 Å². The number of ether oxygens (including phenoxy) is 1. The van der Waals surface area contributed by atoms with Crippen molar-refractivity contribution in [1.29, 1.82) is 0 Å². The maximum absolute atomic E-state index is 12.7. The molecular weight excluding hydrogens is 468 g/mol. The zero-order chi connectivity index (χ0) is 22.6. The third-order valence-corrected chi connectivity index (χ3v) is 6.50. The number of nitrogens with zero attached hydrogens (tertiary/aromatic N) is 1. The number of sulfonamides is 1. The van der Waals surface area contributed by atoms with Gasteiger partial charge in [-0.15, -0.1) is 0 Å². The number of nitrogens with one attached hydrogen (secondary N) is 1.